The molecule has 0 unspecified atom stereocenters. The van der Waals surface area contributed by atoms with Gasteiger partial charge >= 0.3 is 0 Å². The second-order valence-electron chi connectivity index (χ2n) is 2.36. The summed E-state index contributed by atoms with van der Waals surface area (Å²) >= 11 is 4.91. The summed E-state index contributed by atoms with van der Waals surface area (Å²) < 4.78 is 2.64. The lowest BCUT2D eigenvalue weighted by molar-refractivity contribution is 0.860. The van der Waals surface area contributed by atoms with Gasteiger partial charge in [-0.15, -0.1) is 11.3 Å². The molecular weight excluding hydrogens is 238 g/mol. The molecule has 0 atom stereocenters. The third-order valence-corrected chi connectivity index (χ3v) is 3.00. The third kappa shape index (κ3) is 1.30. The van der Waals surface area contributed by atoms with Crippen molar-refractivity contribution < 1.29 is 0 Å². The normalized spacial score (nSPS) is 10.5. The molecule has 0 saturated carbocycles. The smallest absolute Gasteiger partial charge is 0.210 e. The topological polar surface area (TPSA) is 30.7 Å². The summed E-state index contributed by atoms with van der Waals surface area (Å²) in [7, 11) is 0. The Labute approximate surface area is 82.2 Å². The van der Waals surface area contributed by atoms with Crippen molar-refractivity contribution >= 4 is 27.3 Å². The number of hydrogen-bond donors (Lipinski definition) is 0. The Hall–Kier alpha value is -0.680. The van der Waals surface area contributed by atoms with Gasteiger partial charge in [0.05, 0.1) is 0 Å². The lowest BCUT2D eigenvalue weighted by atomic mass is 10.4. The largest absolute Gasteiger partial charge is 0.227 e. The quantitative estimate of drug-likeness (QED) is 0.771. The summed E-state index contributed by atoms with van der Waals surface area (Å²) in [6.07, 6.45) is 3.72. The fourth-order valence-corrected chi connectivity index (χ4v) is 1.71. The Kier molecular flexibility index (Phi) is 1.98. The molecule has 62 valence electrons. The predicted molar refractivity (Wildman–Crippen MR) is 51.7 cm³/mol. The van der Waals surface area contributed by atoms with Crippen LogP contribution in [0.2, 0.25) is 0 Å². The lowest BCUT2D eigenvalue weighted by Crippen LogP contribution is -1.92. The molecule has 0 N–H and O–H groups in total. The molecule has 0 aliphatic rings. The van der Waals surface area contributed by atoms with E-state index < -0.39 is 0 Å². The van der Waals surface area contributed by atoms with Crippen molar-refractivity contribution in [3.63, 3.8) is 0 Å². The van der Waals surface area contributed by atoms with Crippen LogP contribution in [-0.2, 0) is 0 Å². The van der Waals surface area contributed by atoms with E-state index in [9.17, 15) is 0 Å². The van der Waals surface area contributed by atoms with Crippen LogP contribution in [0.15, 0.2) is 22.4 Å². The monoisotopic (exact) mass is 243 g/mol. The standard InChI is InChI=1S/C7H6BrN3S/c1-5-4-11(10-6(5)8)7-9-2-3-12-7/h2-4H,1H3. The van der Waals surface area contributed by atoms with Crippen molar-refractivity contribution in [2.45, 2.75) is 6.92 Å². The Morgan fingerprint density at radius 3 is 2.92 bits per heavy atom. The Morgan fingerprint density at radius 1 is 1.58 bits per heavy atom. The first-order chi connectivity index (χ1) is 5.77. The van der Waals surface area contributed by atoms with Gasteiger partial charge in [0.2, 0.25) is 5.13 Å². The highest BCUT2D eigenvalue weighted by Crippen LogP contribution is 2.17. The van der Waals surface area contributed by atoms with E-state index in [4.69, 9.17) is 0 Å². The zero-order valence-corrected chi connectivity index (χ0v) is 8.76. The van der Waals surface area contributed by atoms with Crippen LogP contribution in [0.5, 0.6) is 0 Å². The van der Waals surface area contributed by atoms with Crippen LogP contribution in [0.3, 0.4) is 0 Å². The van der Waals surface area contributed by atoms with Crippen LogP contribution in [0.25, 0.3) is 5.13 Å². The highest BCUT2D eigenvalue weighted by atomic mass is 79.9. The maximum Gasteiger partial charge on any atom is 0.210 e. The van der Waals surface area contributed by atoms with Crippen molar-refractivity contribution in [1.29, 1.82) is 0 Å². The molecule has 0 bridgehead atoms. The number of nitrogens with zero attached hydrogens (tertiary/aromatic N) is 3. The van der Waals surface area contributed by atoms with Crippen molar-refractivity contribution in [2.24, 2.45) is 0 Å². The molecule has 0 aromatic carbocycles. The third-order valence-electron chi connectivity index (χ3n) is 1.45. The van der Waals surface area contributed by atoms with Gasteiger partial charge in [0.25, 0.3) is 0 Å². The minimum Gasteiger partial charge on any atom is -0.227 e. The molecule has 3 nitrogen and oxygen atoms in total. The first-order valence-corrected chi connectivity index (χ1v) is 5.06. The molecule has 0 aliphatic heterocycles. The van der Waals surface area contributed by atoms with E-state index in [1.54, 1.807) is 22.2 Å². The molecule has 5 heteroatoms. The van der Waals surface area contributed by atoms with Gasteiger partial charge in [0, 0.05) is 23.3 Å². The van der Waals surface area contributed by atoms with E-state index in [0.29, 0.717) is 0 Å². The molecule has 0 amide bonds. The Bertz CT molecular complexity index is 360. The minimum absolute atomic E-state index is 0.873. The number of aromatic nitrogens is 3. The lowest BCUT2D eigenvalue weighted by Gasteiger charge is -1.90. The maximum absolute atomic E-state index is 4.23. The Balaban J connectivity index is 2.48. The molecule has 2 aromatic heterocycles. The van der Waals surface area contributed by atoms with E-state index in [2.05, 4.69) is 26.0 Å². The van der Waals surface area contributed by atoms with E-state index >= 15 is 0 Å². The number of hydrogen-bond acceptors (Lipinski definition) is 3. The average molecular weight is 244 g/mol. The van der Waals surface area contributed by atoms with Crippen molar-refractivity contribution in [3.8, 4) is 5.13 Å². The first kappa shape index (κ1) is 7.94. The summed E-state index contributed by atoms with van der Waals surface area (Å²) in [6.45, 7) is 2.00. The highest BCUT2D eigenvalue weighted by molar-refractivity contribution is 9.10. The summed E-state index contributed by atoms with van der Waals surface area (Å²) in [5.74, 6) is 0. The van der Waals surface area contributed by atoms with Crippen molar-refractivity contribution in [2.75, 3.05) is 0 Å². The fourth-order valence-electron chi connectivity index (χ4n) is 0.866. The second-order valence-corrected chi connectivity index (χ2v) is 3.99. The average Bonchev–Trinajstić information content (AvgIpc) is 2.61. The molecule has 12 heavy (non-hydrogen) atoms. The number of rotatable bonds is 1. The van der Waals surface area contributed by atoms with Crippen LogP contribution in [-0.4, -0.2) is 14.8 Å². The van der Waals surface area contributed by atoms with Crippen molar-refractivity contribution in [3.05, 3.63) is 27.9 Å². The van der Waals surface area contributed by atoms with Gasteiger partial charge in [-0.25, -0.2) is 9.67 Å². The number of halogens is 1. The minimum atomic E-state index is 0.873. The van der Waals surface area contributed by atoms with Crippen LogP contribution < -0.4 is 0 Å². The molecule has 0 radical (unpaired) electrons. The summed E-state index contributed by atoms with van der Waals surface area (Å²) in [6, 6.07) is 0. The van der Waals surface area contributed by atoms with Gasteiger partial charge in [-0.1, -0.05) is 0 Å². The van der Waals surface area contributed by atoms with Gasteiger partial charge in [-0.05, 0) is 22.9 Å². The first-order valence-electron chi connectivity index (χ1n) is 3.39. The van der Waals surface area contributed by atoms with Crippen LogP contribution in [0.4, 0.5) is 0 Å². The molecule has 0 fully saturated rings. The SMILES string of the molecule is Cc1cn(-c2nccs2)nc1Br. The zero-order valence-electron chi connectivity index (χ0n) is 6.36. The molecule has 0 spiro atoms. The highest BCUT2D eigenvalue weighted by Gasteiger charge is 2.04. The summed E-state index contributed by atoms with van der Waals surface area (Å²) in [4.78, 5) is 4.14. The van der Waals surface area contributed by atoms with Gasteiger partial charge in [-0.3, -0.25) is 0 Å². The number of thiazole rings is 1. The summed E-state index contributed by atoms with van der Waals surface area (Å²) in [5, 5.41) is 7.06. The van der Waals surface area contributed by atoms with Crippen molar-refractivity contribution in [1.82, 2.24) is 14.8 Å². The summed E-state index contributed by atoms with van der Waals surface area (Å²) in [5.41, 5.74) is 1.12. The van der Waals surface area contributed by atoms with E-state index in [-0.39, 0.29) is 0 Å². The van der Waals surface area contributed by atoms with Crippen LogP contribution in [0.1, 0.15) is 5.56 Å². The molecular formula is C7H6BrN3S. The molecule has 2 rings (SSSR count). The van der Waals surface area contributed by atoms with Crippen LogP contribution >= 0.6 is 27.3 Å². The van der Waals surface area contributed by atoms with Gasteiger partial charge in [-0.2, -0.15) is 5.10 Å². The number of aryl methyl sites for hydroxylation is 1. The van der Waals surface area contributed by atoms with E-state index in [1.165, 1.54) is 0 Å². The predicted octanol–water partition coefficient (Wildman–Crippen LogP) is 2.40. The van der Waals surface area contributed by atoms with Gasteiger partial charge in [0.1, 0.15) is 4.60 Å². The molecule has 2 aromatic rings. The van der Waals surface area contributed by atoms with E-state index in [1.807, 2.05) is 18.5 Å². The second kappa shape index (κ2) is 2.99. The molecule has 0 aliphatic carbocycles. The molecule has 0 saturated heterocycles. The molecule has 2 heterocycles. The van der Waals surface area contributed by atoms with Gasteiger partial charge in [0.15, 0.2) is 0 Å². The Morgan fingerprint density at radius 2 is 2.42 bits per heavy atom. The van der Waals surface area contributed by atoms with Crippen LogP contribution in [0, 0.1) is 6.92 Å². The fraction of sp³-hybridized carbons (Fsp3) is 0.143. The maximum atomic E-state index is 4.23. The van der Waals surface area contributed by atoms with E-state index in [0.717, 1.165) is 15.3 Å². The zero-order chi connectivity index (χ0) is 8.55. The van der Waals surface area contributed by atoms with Gasteiger partial charge < -0.3 is 0 Å².